The molecule has 54 valence electrons. The molecule has 0 atom stereocenters. The van der Waals surface area contributed by atoms with Crippen LogP contribution in [0.4, 0.5) is 0 Å². The summed E-state index contributed by atoms with van der Waals surface area (Å²) >= 11 is 0. The van der Waals surface area contributed by atoms with E-state index in [1.165, 1.54) is 0 Å². The molecule has 5 nitrogen and oxygen atoms in total. The van der Waals surface area contributed by atoms with Crippen LogP contribution in [0, 0.1) is 0 Å². The van der Waals surface area contributed by atoms with Gasteiger partial charge in [-0.3, -0.25) is 4.79 Å². The Labute approximate surface area is 55.9 Å². The number of aliphatic imine (C=N–C) groups is 1. The third-order valence-corrected chi connectivity index (χ3v) is 1.09. The first-order valence-electron chi connectivity index (χ1n) is 2.47. The second-order valence-corrected chi connectivity index (χ2v) is 1.81. The summed E-state index contributed by atoms with van der Waals surface area (Å²) in [7, 11) is 0. The first kappa shape index (κ1) is 6.91. The van der Waals surface area contributed by atoms with E-state index in [9.17, 15) is 4.79 Å². The van der Waals surface area contributed by atoms with Crippen LogP contribution in [0.1, 0.15) is 0 Å². The predicted molar refractivity (Wildman–Crippen MR) is 31.4 cm³/mol. The van der Waals surface area contributed by atoms with E-state index in [1.807, 2.05) is 0 Å². The molecule has 1 rings (SSSR count). The maximum Gasteiger partial charge on any atom is 0.332 e. The number of aliphatic hydroxyl groups is 3. The fraction of sp³-hybridized carbons (Fsp3) is 0.200. The van der Waals surface area contributed by atoms with Gasteiger partial charge >= 0.3 is 5.91 Å². The highest BCUT2D eigenvalue weighted by molar-refractivity contribution is 6.19. The first-order chi connectivity index (χ1) is 4.58. The zero-order chi connectivity index (χ0) is 7.78. The van der Waals surface area contributed by atoms with E-state index in [0.29, 0.717) is 6.26 Å². The van der Waals surface area contributed by atoms with Gasteiger partial charge in [0.1, 0.15) is 0 Å². The maximum absolute atomic E-state index is 10.6. The number of ketones is 1. The van der Waals surface area contributed by atoms with Crippen LogP contribution in [-0.2, 0) is 4.79 Å². The van der Waals surface area contributed by atoms with E-state index in [0.717, 1.165) is 6.21 Å². The minimum atomic E-state index is -2.67. The summed E-state index contributed by atoms with van der Waals surface area (Å²) in [5, 5.41) is 25.5. The van der Waals surface area contributed by atoms with Gasteiger partial charge in [0.05, 0.1) is 11.8 Å². The van der Waals surface area contributed by atoms with E-state index in [2.05, 4.69) is 4.99 Å². The SMILES string of the molecule is O=C1C(=CO)C=NC1(O)O. The van der Waals surface area contributed by atoms with Crippen LogP contribution in [0.5, 0.6) is 0 Å². The molecule has 0 aromatic carbocycles. The Morgan fingerprint density at radius 2 is 2.20 bits per heavy atom. The Morgan fingerprint density at radius 1 is 1.60 bits per heavy atom. The van der Waals surface area contributed by atoms with Crippen molar-refractivity contribution in [2.45, 2.75) is 5.91 Å². The number of carbonyl (C=O) groups is 1. The molecule has 5 heteroatoms. The highest BCUT2D eigenvalue weighted by atomic mass is 16.5. The van der Waals surface area contributed by atoms with Crippen molar-refractivity contribution < 1.29 is 20.1 Å². The van der Waals surface area contributed by atoms with E-state index in [1.54, 1.807) is 0 Å². The monoisotopic (exact) mass is 143 g/mol. The Balaban J connectivity index is 3.00. The third kappa shape index (κ3) is 0.810. The van der Waals surface area contributed by atoms with Crippen molar-refractivity contribution in [3.8, 4) is 0 Å². The van der Waals surface area contributed by atoms with Crippen molar-refractivity contribution in [3.05, 3.63) is 11.8 Å². The van der Waals surface area contributed by atoms with Gasteiger partial charge in [-0.1, -0.05) is 0 Å². The van der Waals surface area contributed by atoms with Gasteiger partial charge in [0.15, 0.2) is 0 Å². The molecule has 0 aliphatic carbocycles. The largest absolute Gasteiger partial charge is 0.515 e. The molecule has 0 aromatic heterocycles. The minimum absolute atomic E-state index is 0.218. The first-order valence-corrected chi connectivity index (χ1v) is 2.47. The highest BCUT2D eigenvalue weighted by Crippen LogP contribution is 2.15. The predicted octanol–water partition coefficient (Wildman–Crippen LogP) is -1.28. The summed E-state index contributed by atoms with van der Waals surface area (Å²) < 4.78 is 0. The normalized spacial score (nSPS) is 26.2. The number of rotatable bonds is 0. The quantitative estimate of drug-likeness (QED) is 0.224. The molecule has 1 aliphatic rings. The summed E-state index contributed by atoms with van der Waals surface area (Å²) in [6, 6.07) is 0. The average Bonchev–Trinajstić information content (AvgIpc) is 2.10. The molecule has 0 aromatic rings. The molecule has 10 heavy (non-hydrogen) atoms. The summed E-state index contributed by atoms with van der Waals surface area (Å²) in [5.74, 6) is -3.69. The molecule has 0 amide bonds. The molecule has 0 radical (unpaired) electrons. The lowest BCUT2D eigenvalue weighted by atomic mass is 10.2. The molecule has 0 unspecified atom stereocenters. The van der Waals surface area contributed by atoms with Crippen LogP contribution >= 0.6 is 0 Å². The molecule has 0 fully saturated rings. The lowest BCUT2D eigenvalue weighted by molar-refractivity contribution is -0.172. The molecule has 0 spiro atoms. The van der Waals surface area contributed by atoms with E-state index < -0.39 is 11.7 Å². The Morgan fingerprint density at radius 3 is 2.40 bits per heavy atom. The molecule has 3 N–H and O–H groups in total. The van der Waals surface area contributed by atoms with E-state index in [-0.39, 0.29) is 5.57 Å². The van der Waals surface area contributed by atoms with Gasteiger partial charge in [-0.2, -0.15) is 0 Å². The van der Waals surface area contributed by atoms with Gasteiger partial charge in [0, 0.05) is 6.21 Å². The van der Waals surface area contributed by atoms with E-state index >= 15 is 0 Å². The Kier molecular flexibility index (Phi) is 1.31. The molecule has 0 bridgehead atoms. The number of carbonyl (C=O) groups excluding carboxylic acids is 1. The van der Waals surface area contributed by atoms with Crippen LogP contribution in [0.25, 0.3) is 0 Å². The van der Waals surface area contributed by atoms with Gasteiger partial charge in [-0.15, -0.1) is 0 Å². The fourth-order valence-electron chi connectivity index (χ4n) is 0.562. The summed E-state index contributed by atoms with van der Waals surface area (Å²) in [4.78, 5) is 13.6. The van der Waals surface area contributed by atoms with Crippen molar-refractivity contribution in [1.82, 2.24) is 0 Å². The molecular weight excluding hydrogens is 138 g/mol. The van der Waals surface area contributed by atoms with Gasteiger partial charge in [-0.05, 0) is 0 Å². The second-order valence-electron chi connectivity index (χ2n) is 1.81. The summed E-state index contributed by atoms with van der Waals surface area (Å²) in [6.45, 7) is 0. The number of hydrogen-bond acceptors (Lipinski definition) is 5. The average molecular weight is 143 g/mol. The molecule has 1 heterocycles. The van der Waals surface area contributed by atoms with Gasteiger partial charge < -0.3 is 15.3 Å². The number of aliphatic hydroxyl groups excluding tert-OH is 1. The minimum Gasteiger partial charge on any atom is -0.515 e. The number of hydrogen-bond donors (Lipinski definition) is 3. The van der Waals surface area contributed by atoms with Crippen molar-refractivity contribution in [3.63, 3.8) is 0 Å². The Hall–Kier alpha value is -1.20. The fourth-order valence-corrected chi connectivity index (χ4v) is 0.562. The van der Waals surface area contributed by atoms with Gasteiger partial charge in [-0.25, -0.2) is 4.99 Å². The highest BCUT2D eigenvalue weighted by Gasteiger charge is 2.39. The molecule has 0 saturated heterocycles. The smallest absolute Gasteiger partial charge is 0.332 e. The second kappa shape index (κ2) is 1.89. The summed E-state index contributed by atoms with van der Waals surface area (Å²) in [5.41, 5.74) is -0.218. The number of nitrogens with zero attached hydrogens (tertiary/aromatic N) is 1. The maximum atomic E-state index is 10.6. The Bertz CT molecular complexity index is 228. The van der Waals surface area contributed by atoms with Crippen LogP contribution < -0.4 is 0 Å². The standard InChI is InChI=1S/C5H5NO4/c7-2-3-1-6-5(9,10)4(3)8/h1-2,7,9-10H. The third-order valence-electron chi connectivity index (χ3n) is 1.09. The zero-order valence-electron chi connectivity index (χ0n) is 4.85. The van der Waals surface area contributed by atoms with Crippen molar-refractivity contribution in [1.29, 1.82) is 0 Å². The summed E-state index contributed by atoms with van der Waals surface area (Å²) in [6.07, 6.45) is 1.36. The molecule has 1 aliphatic heterocycles. The lowest BCUT2D eigenvalue weighted by Gasteiger charge is -2.06. The zero-order valence-corrected chi connectivity index (χ0v) is 4.85. The van der Waals surface area contributed by atoms with Gasteiger partial charge in [0.2, 0.25) is 0 Å². The van der Waals surface area contributed by atoms with Gasteiger partial charge in [0.25, 0.3) is 5.78 Å². The molecular formula is C5H5NO4. The number of Topliss-reactive ketones (excluding diaryl/α,β-unsaturated/α-hetero) is 1. The van der Waals surface area contributed by atoms with Crippen molar-refractivity contribution in [2.75, 3.05) is 0 Å². The lowest BCUT2D eigenvalue weighted by Crippen LogP contribution is -2.32. The molecule has 0 saturated carbocycles. The van der Waals surface area contributed by atoms with Crippen LogP contribution in [-0.4, -0.2) is 33.2 Å². The van der Waals surface area contributed by atoms with Crippen molar-refractivity contribution >= 4 is 12.0 Å². The van der Waals surface area contributed by atoms with Crippen molar-refractivity contribution in [2.24, 2.45) is 4.99 Å². The van der Waals surface area contributed by atoms with Crippen LogP contribution in [0.15, 0.2) is 16.8 Å². The topological polar surface area (TPSA) is 90.1 Å². The van der Waals surface area contributed by atoms with Crippen LogP contribution in [0.3, 0.4) is 0 Å². The van der Waals surface area contributed by atoms with E-state index in [4.69, 9.17) is 15.3 Å². The van der Waals surface area contributed by atoms with Crippen LogP contribution in [0.2, 0.25) is 0 Å².